The molecular formula is C20H20ClN7O2. The third kappa shape index (κ3) is 3.35. The van der Waals surface area contributed by atoms with Crippen LogP contribution < -0.4 is 21.2 Å². The zero-order valence-electron chi connectivity index (χ0n) is 16.1. The normalized spacial score (nSPS) is 14.5. The predicted octanol–water partition coefficient (Wildman–Crippen LogP) is 1.78. The number of hydrogen-bond donors (Lipinski definition) is 2. The molecule has 0 spiro atoms. The molecule has 0 aliphatic carbocycles. The summed E-state index contributed by atoms with van der Waals surface area (Å²) in [6.07, 6.45) is 3.60. The monoisotopic (exact) mass is 425 g/mol. The molecule has 2 N–H and O–H groups in total. The summed E-state index contributed by atoms with van der Waals surface area (Å²) in [6, 6.07) is 7.14. The fourth-order valence-corrected chi connectivity index (χ4v) is 3.99. The van der Waals surface area contributed by atoms with Gasteiger partial charge in [0.05, 0.1) is 22.2 Å². The highest BCUT2D eigenvalue weighted by Gasteiger charge is 2.19. The number of hydrogen-bond acceptors (Lipinski definition) is 8. The lowest BCUT2D eigenvalue weighted by molar-refractivity contribution is 0.467. The van der Waals surface area contributed by atoms with E-state index < -0.39 is 0 Å². The molecule has 0 amide bonds. The molecule has 1 saturated heterocycles. The molecule has 3 aromatic heterocycles. The molecule has 0 radical (unpaired) electrons. The molecule has 0 unspecified atom stereocenters. The van der Waals surface area contributed by atoms with E-state index in [1.54, 1.807) is 23.1 Å². The van der Waals surface area contributed by atoms with E-state index in [0.717, 1.165) is 31.7 Å². The zero-order chi connectivity index (χ0) is 20.5. The molecule has 10 heteroatoms. The second-order valence-electron chi connectivity index (χ2n) is 7.02. The molecule has 4 aromatic rings. The smallest absolute Gasteiger partial charge is 0.281 e. The molecule has 0 saturated carbocycles. The number of piperazine rings is 1. The van der Waals surface area contributed by atoms with Crippen molar-refractivity contribution in [3.63, 3.8) is 0 Å². The first-order valence-electron chi connectivity index (χ1n) is 9.80. The van der Waals surface area contributed by atoms with Crippen LogP contribution >= 0.6 is 11.6 Å². The molecular weight excluding hydrogens is 406 g/mol. The molecule has 0 atom stereocenters. The number of furan rings is 1. The Morgan fingerprint density at radius 1 is 1.17 bits per heavy atom. The average Bonchev–Trinajstić information content (AvgIpc) is 3.24. The molecule has 1 fully saturated rings. The lowest BCUT2D eigenvalue weighted by Gasteiger charge is -2.32. The first kappa shape index (κ1) is 18.8. The second-order valence-corrected chi connectivity index (χ2v) is 7.42. The quantitative estimate of drug-likeness (QED) is 0.499. The topological polar surface area (TPSA) is 101 Å². The van der Waals surface area contributed by atoms with Gasteiger partial charge < -0.3 is 20.1 Å². The van der Waals surface area contributed by atoms with Gasteiger partial charge in [-0.25, -0.2) is 19.6 Å². The van der Waals surface area contributed by atoms with Crippen LogP contribution in [0.25, 0.3) is 22.0 Å². The van der Waals surface area contributed by atoms with Crippen LogP contribution in [0.1, 0.15) is 5.82 Å². The van der Waals surface area contributed by atoms with Crippen LogP contribution in [0.3, 0.4) is 0 Å². The second kappa shape index (κ2) is 7.92. The van der Waals surface area contributed by atoms with Gasteiger partial charge in [0.2, 0.25) is 0 Å². The highest BCUT2D eigenvalue weighted by Crippen LogP contribution is 2.21. The van der Waals surface area contributed by atoms with Crippen molar-refractivity contribution in [2.24, 2.45) is 0 Å². The lowest BCUT2D eigenvalue weighted by atomic mass is 10.2. The van der Waals surface area contributed by atoms with E-state index >= 15 is 0 Å². The Morgan fingerprint density at radius 3 is 2.90 bits per heavy atom. The van der Waals surface area contributed by atoms with Gasteiger partial charge in [-0.2, -0.15) is 0 Å². The Labute approximate surface area is 176 Å². The summed E-state index contributed by atoms with van der Waals surface area (Å²) in [4.78, 5) is 26.6. The third-order valence-corrected chi connectivity index (χ3v) is 5.47. The van der Waals surface area contributed by atoms with Crippen LogP contribution in [0.4, 0.5) is 5.82 Å². The molecule has 5 rings (SSSR count). The van der Waals surface area contributed by atoms with Gasteiger partial charge >= 0.3 is 0 Å². The van der Waals surface area contributed by atoms with E-state index in [1.165, 1.54) is 6.33 Å². The van der Waals surface area contributed by atoms with Crippen molar-refractivity contribution >= 4 is 39.4 Å². The maximum atomic E-state index is 13.4. The van der Waals surface area contributed by atoms with Gasteiger partial charge in [-0.05, 0) is 12.1 Å². The minimum atomic E-state index is -0.141. The van der Waals surface area contributed by atoms with Crippen molar-refractivity contribution in [1.82, 2.24) is 24.9 Å². The molecule has 1 aliphatic rings. The summed E-state index contributed by atoms with van der Waals surface area (Å²) in [5.74, 6) is 1.29. The summed E-state index contributed by atoms with van der Waals surface area (Å²) >= 11 is 6.33. The van der Waals surface area contributed by atoms with E-state index in [0.29, 0.717) is 46.1 Å². The van der Waals surface area contributed by atoms with Gasteiger partial charge in [-0.3, -0.25) is 4.79 Å². The number of rotatable bonds is 5. The zero-order valence-corrected chi connectivity index (χ0v) is 16.9. The van der Waals surface area contributed by atoms with Gasteiger partial charge in [0.15, 0.2) is 11.4 Å². The fourth-order valence-electron chi connectivity index (χ4n) is 3.74. The first-order valence-corrected chi connectivity index (χ1v) is 10.2. The van der Waals surface area contributed by atoms with Gasteiger partial charge in [-0.1, -0.05) is 17.7 Å². The van der Waals surface area contributed by atoms with Gasteiger partial charge in [0, 0.05) is 45.2 Å². The number of nitrogens with zero attached hydrogens (tertiary/aromatic N) is 5. The number of nitrogens with one attached hydrogen (secondary N) is 2. The molecule has 0 bridgehead atoms. The molecule has 30 heavy (non-hydrogen) atoms. The molecule has 1 aliphatic heterocycles. The van der Waals surface area contributed by atoms with E-state index in [4.69, 9.17) is 21.0 Å². The number of benzene rings is 1. The summed E-state index contributed by atoms with van der Waals surface area (Å²) in [6.45, 7) is 3.58. The van der Waals surface area contributed by atoms with Crippen LogP contribution in [0.5, 0.6) is 0 Å². The summed E-state index contributed by atoms with van der Waals surface area (Å²) < 4.78 is 7.15. The minimum absolute atomic E-state index is 0.141. The maximum absolute atomic E-state index is 13.4. The lowest BCUT2D eigenvalue weighted by Crippen LogP contribution is -2.54. The number of anilines is 1. The first-order chi connectivity index (χ1) is 14.7. The summed E-state index contributed by atoms with van der Waals surface area (Å²) in [7, 11) is 0. The number of aromatic nitrogens is 4. The SMILES string of the molecule is O=c1c2c(Cl)cccc2nc(CCNc2ncnc3ccoc23)n1N1CCNCC1. The largest absolute Gasteiger partial charge is 0.459 e. The van der Waals surface area contributed by atoms with Crippen molar-refractivity contribution < 1.29 is 4.42 Å². The van der Waals surface area contributed by atoms with Gasteiger partial charge in [0.1, 0.15) is 17.7 Å². The average molecular weight is 426 g/mol. The van der Waals surface area contributed by atoms with E-state index in [-0.39, 0.29) is 5.56 Å². The van der Waals surface area contributed by atoms with E-state index in [1.807, 2.05) is 17.1 Å². The van der Waals surface area contributed by atoms with E-state index in [2.05, 4.69) is 20.6 Å². The highest BCUT2D eigenvalue weighted by atomic mass is 35.5. The molecule has 1 aromatic carbocycles. The summed E-state index contributed by atoms with van der Waals surface area (Å²) in [5, 5.41) is 9.48. The van der Waals surface area contributed by atoms with Crippen LogP contribution in [-0.2, 0) is 6.42 Å². The van der Waals surface area contributed by atoms with Crippen LogP contribution in [0.2, 0.25) is 5.02 Å². The van der Waals surface area contributed by atoms with Crippen molar-refractivity contribution in [2.75, 3.05) is 43.0 Å². The van der Waals surface area contributed by atoms with Crippen LogP contribution in [0.15, 0.2) is 46.1 Å². The number of halogens is 1. The Morgan fingerprint density at radius 2 is 2.03 bits per heavy atom. The van der Waals surface area contributed by atoms with Gasteiger partial charge in [-0.15, -0.1) is 0 Å². The van der Waals surface area contributed by atoms with Crippen molar-refractivity contribution in [2.45, 2.75) is 6.42 Å². The van der Waals surface area contributed by atoms with Crippen LogP contribution in [-0.4, -0.2) is 52.4 Å². The fraction of sp³-hybridized carbons (Fsp3) is 0.300. The standard InChI is InChI=1S/C20H20ClN7O2/c21-13-2-1-3-14-17(13)20(29)28(27-9-7-22-8-10-27)16(26-14)4-6-23-19-18-15(5-11-30-18)24-12-25-19/h1-3,5,11-12,22H,4,6-10H2,(H,23,24,25). The maximum Gasteiger partial charge on any atom is 0.281 e. The third-order valence-electron chi connectivity index (χ3n) is 5.15. The van der Waals surface area contributed by atoms with E-state index in [9.17, 15) is 4.79 Å². The molecule has 9 nitrogen and oxygen atoms in total. The van der Waals surface area contributed by atoms with Crippen molar-refractivity contribution in [3.05, 3.63) is 58.1 Å². The Bertz CT molecular complexity index is 1260. The molecule has 154 valence electrons. The van der Waals surface area contributed by atoms with Crippen molar-refractivity contribution in [3.8, 4) is 0 Å². The van der Waals surface area contributed by atoms with Crippen LogP contribution in [0, 0.1) is 0 Å². The summed E-state index contributed by atoms with van der Waals surface area (Å²) in [5.41, 5.74) is 1.81. The van der Waals surface area contributed by atoms with Crippen molar-refractivity contribution in [1.29, 1.82) is 0 Å². The van der Waals surface area contributed by atoms with Gasteiger partial charge in [0.25, 0.3) is 5.56 Å². The minimum Gasteiger partial charge on any atom is -0.459 e. The Kier molecular flexibility index (Phi) is 4.97. The Balaban J connectivity index is 1.49. The predicted molar refractivity (Wildman–Crippen MR) is 116 cm³/mol. The molecule has 4 heterocycles. The number of fused-ring (bicyclic) bond motifs is 2. The Hall–Kier alpha value is -3.17. The highest BCUT2D eigenvalue weighted by molar-refractivity contribution is 6.35.